The molecule has 0 spiro atoms. The van der Waals surface area contributed by atoms with E-state index in [9.17, 15) is 13.6 Å². The summed E-state index contributed by atoms with van der Waals surface area (Å²) in [4.78, 5) is 12.1. The average molecular weight is 319 g/mol. The lowest BCUT2D eigenvalue weighted by atomic mass is 9.96. The van der Waals surface area contributed by atoms with E-state index in [-0.39, 0.29) is 30.3 Å². The predicted molar refractivity (Wildman–Crippen MR) is 84.0 cm³/mol. The lowest BCUT2D eigenvalue weighted by molar-refractivity contribution is -0.124. The Morgan fingerprint density at radius 1 is 1.09 bits per heavy atom. The fourth-order valence-electron chi connectivity index (χ4n) is 2.23. The summed E-state index contributed by atoms with van der Waals surface area (Å²) in [6, 6.07) is 11.4. The molecule has 0 unspecified atom stereocenters. The van der Waals surface area contributed by atoms with E-state index in [2.05, 4.69) is 5.32 Å². The van der Waals surface area contributed by atoms with Crippen molar-refractivity contribution in [2.45, 2.75) is 19.9 Å². The maximum atomic E-state index is 13.1. The Labute approximate surface area is 134 Å². The van der Waals surface area contributed by atoms with Gasteiger partial charge in [0.05, 0.1) is 6.04 Å². The Bertz CT molecular complexity index is 656. The Kier molecular flexibility index (Phi) is 5.68. The van der Waals surface area contributed by atoms with Crippen LogP contribution < -0.4 is 10.1 Å². The second kappa shape index (κ2) is 7.72. The van der Waals surface area contributed by atoms with Crippen LogP contribution in [0, 0.1) is 17.6 Å². The molecule has 2 aromatic rings. The number of hydrogen-bond donors (Lipinski definition) is 1. The van der Waals surface area contributed by atoms with Crippen molar-refractivity contribution in [3.8, 4) is 5.75 Å². The number of hydrogen-bond acceptors (Lipinski definition) is 2. The van der Waals surface area contributed by atoms with E-state index in [1.807, 2.05) is 13.8 Å². The third-order valence-electron chi connectivity index (χ3n) is 3.38. The summed E-state index contributed by atoms with van der Waals surface area (Å²) < 4.78 is 31.3. The first-order chi connectivity index (χ1) is 11.0. The number of ether oxygens (including phenoxy) is 1. The lowest BCUT2D eigenvalue weighted by Gasteiger charge is -2.23. The summed E-state index contributed by atoms with van der Waals surface area (Å²) >= 11 is 0. The van der Waals surface area contributed by atoms with E-state index in [1.54, 1.807) is 18.2 Å². The monoisotopic (exact) mass is 319 g/mol. The highest BCUT2D eigenvalue weighted by molar-refractivity contribution is 5.78. The van der Waals surface area contributed by atoms with Crippen molar-refractivity contribution in [3.63, 3.8) is 0 Å². The number of amides is 1. The fraction of sp³-hybridized carbons (Fsp3) is 0.278. The zero-order chi connectivity index (χ0) is 16.8. The molecular weight excluding hydrogens is 300 g/mol. The molecular formula is C18H19F2NO2. The number of benzene rings is 2. The molecule has 0 fully saturated rings. The molecule has 0 saturated heterocycles. The summed E-state index contributed by atoms with van der Waals surface area (Å²) in [6.07, 6.45) is 0. The van der Waals surface area contributed by atoms with Crippen LogP contribution in [0.4, 0.5) is 8.78 Å². The van der Waals surface area contributed by atoms with Crippen LogP contribution in [0.2, 0.25) is 0 Å². The molecule has 5 heteroatoms. The molecule has 0 bridgehead atoms. The molecule has 0 aliphatic rings. The molecule has 1 amide bonds. The van der Waals surface area contributed by atoms with Gasteiger partial charge in [0, 0.05) is 6.07 Å². The highest BCUT2D eigenvalue weighted by Crippen LogP contribution is 2.22. The first kappa shape index (κ1) is 16.9. The predicted octanol–water partition coefficient (Wildman–Crippen LogP) is 3.86. The SMILES string of the molecule is CC(C)[C@H](NC(=O)COc1cccc(F)c1)c1ccc(F)cc1. The molecule has 2 aromatic carbocycles. The van der Waals surface area contributed by atoms with Gasteiger partial charge in [-0.25, -0.2) is 8.78 Å². The third kappa shape index (κ3) is 5.06. The minimum atomic E-state index is -0.422. The smallest absolute Gasteiger partial charge is 0.258 e. The molecule has 0 aliphatic carbocycles. The summed E-state index contributed by atoms with van der Waals surface area (Å²) in [5.41, 5.74) is 0.820. The average Bonchev–Trinajstić information content (AvgIpc) is 2.51. The molecule has 122 valence electrons. The minimum Gasteiger partial charge on any atom is -0.484 e. The molecule has 0 radical (unpaired) electrons. The van der Waals surface area contributed by atoms with Crippen molar-refractivity contribution in [2.75, 3.05) is 6.61 Å². The van der Waals surface area contributed by atoms with Gasteiger partial charge >= 0.3 is 0 Å². The van der Waals surface area contributed by atoms with Crippen LogP contribution in [0.1, 0.15) is 25.5 Å². The summed E-state index contributed by atoms with van der Waals surface area (Å²) in [5.74, 6) is -0.648. The maximum absolute atomic E-state index is 13.1. The van der Waals surface area contributed by atoms with Gasteiger partial charge in [0.2, 0.25) is 0 Å². The standard InChI is InChI=1S/C18H19F2NO2/c1-12(2)18(13-6-8-14(19)9-7-13)21-17(22)11-23-16-5-3-4-15(20)10-16/h3-10,12,18H,11H2,1-2H3,(H,21,22)/t18-/m0/s1. The van der Waals surface area contributed by atoms with Crippen molar-refractivity contribution >= 4 is 5.91 Å². The van der Waals surface area contributed by atoms with Crippen LogP contribution in [0.15, 0.2) is 48.5 Å². The Balaban J connectivity index is 1.97. The first-order valence-electron chi connectivity index (χ1n) is 7.39. The zero-order valence-corrected chi connectivity index (χ0v) is 13.1. The van der Waals surface area contributed by atoms with E-state index in [0.717, 1.165) is 5.56 Å². The third-order valence-corrected chi connectivity index (χ3v) is 3.38. The van der Waals surface area contributed by atoms with Gasteiger partial charge in [0.25, 0.3) is 5.91 Å². The summed E-state index contributed by atoms with van der Waals surface area (Å²) in [7, 11) is 0. The van der Waals surface area contributed by atoms with Crippen LogP contribution in [0.25, 0.3) is 0 Å². The zero-order valence-electron chi connectivity index (χ0n) is 13.1. The number of nitrogens with one attached hydrogen (secondary N) is 1. The summed E-state index contributed by atoms with van der Waals surface area (Å²) in [5, 5.41) is 2.86. The van der Waals surface area contributed by atoms with E-state index in [1.165, 1.54) is 30.3 Å². The maximum Gasteiger partial charge on any atom is 0.258 e. The van der Waals surface area contributed by atoms with E-state index in [4.69, 9.17) is 4.74 Å². The molecule has 3 nitrogen and oxygen atoms in total. The Morgan fingerprint density at radius 2 is 1.78 bits per heavy atom. The van der Waals surface area contributed by atoms with E-state index < -0.39 is 5.82 Å². The van der Waals surface area contributed by atoms with Crippen LogP contribution in [0.3, 0.4) is 0 Å². The Morgan fingerprint density at radius 3 is 2.39 bits per heavy atom. The largest absolute Gasteiger partial charge is 0.484 e. The van der Waals surface area contributed by atoms with Gasteiger partial charge in [-0.15, -0.1) is 0 Å². The number of carbonyl (C=O) groups is 1. The van der Waals surface area contributed by atoms with Gasteiger partial charge in [-0.3, -0.25) is 4.79 Å². The van der Waals surface area contributed by atoms with Crippen molar-refractivity contribution in [1.82, 2.24) is 5.32 Å². The van der Waals surface area contributed by atoms with Gasteiger partial charge in [0.15, 0.2) is 6.61 Å². The first-order valence-corrected chi connectivity index (χ1v) is 7.39. The number of halogens is 2. The highest BCUT2D eigenvalue weighted by Gasteiger charge is 2.18. The van der Waals surface area contributed by atoms with Crippen molar-refractivity contribution < 1.29 is 18.3 Å². The molecule has 23 heavy (non-hydrogen) atoms. The lowest BCUT2D eigenvalue weighted by Crippen LogP contribution is -2.35. The van der Waals surface area contributed by atoms with Crippen molar-refractivity contribution in [1.29, 1.82) is 0 Å². The molecule has 1 atom stereocenters. The Hall–Kier alpha value is -2.43. The van der Waals surface area contributed by atoms with Crippen LogP contribution in [0.5, 0.6) is 5.75 Å². The van der Waals surface area contributed by atoms with Crippen LogP contribution in [-0.2, 0) is 4.79 Å². The topological polar surface area (TPSA) is 38.3 Å². The molecule has 0 saturated carbocycles. The molecule has 2 rings (SSSR count). The second-order valence-electron chi connectivity index (χ2n) is 5.59. The van der Waals surface area contributed by atoms with Gasteiger partial charge in [0.1, 0.15) is 17.4 Å². The number of rotatable bonds is 6. The fourth-order valence-corrected chi connectivity index (χ4v) is 2.23. The van der Waals surface area contributed by atoms with Crippen molar-refractivity contribution in [3.05, 3.63) is 65.7 Å². The minimum absolute atomic E-state index is 0.124. The van der Waals surface area contributed by atoms with Gasteiger partial charge in [-0.2, -0.15) is 0 Å². The highest BCUT2D eigenvalue weighted by atomic mass is 19.1. The van der Waals surface area contributed by atoms with Gasteiger partial charge in [-0.1, -0.05) is 32.0 Å². The van der Waals surface area contributed by atoms with Crippen molar-refractivity contribution in [2.24, 2.45) is 5.92 Å². The molecule has 1 N–H and O–H groups in total. The molecule has 0 aliphatic heterocycles. The van der Waals surface area contributed by atoms with E-state index in [0.29, 0.717) is 5.75 Å². The van der Waals surface area contributed by atoms with E-state index >= 15 is 0 Å². The van der Waals surface area contributed by atoms with Gasteiger partial charge in [-0.05, 0) is 35.7 Å². The van der Waals surface area contributed by atoms with Crippen LogP contribution >= 0.6 is 0 Å². The van der Waals surface area contributed by atoms with Crippen LogP contribution in [-0.4, -0.2) is 12.5 Å². The molecule has 0 heterocycles. The number of carbonyl (C=O) groups excluding carboxylic acids is 1. The van der Waals surface area contributed by atoms with Gasteiger partial charge < -0.3 is 10.1 Å². The second-order valence-corrected chi connectivity index (χ2v) is 5.59. The molecule has 0 aromatic heterocycles. The summed E-state index contributed by atoms with van der Waals surface area (Å²) in [6.45, 7) is 3.71. The quantitative estimate of drug-likeness (QED) is 0.878. The normalized spacial score (nSPS) is 12.0.